The van der Waals surface area contributed by atoms with E-state index in [1.165, 1.54) is 4.90 Å². The predicted molar refractivity (Wildman–Crippen MR) is 66.5 cm³/mol. The van der Waals surface area contributed by atoms with Crippen molar-refractivity contribution < 1.29 is 18.0 Å². The van der Waals surface area contributed by atoms with Crippen molar-refractivity contribution in [2.45, 2.75) is 32.5 Å². The van der Waals surface area contributed by atoms with E-state index in [4.69, 9.17) is 5.73 Å². The van der Waals surface area contributed by atoms with E-state index in [2.05, 4.69) is 0 Å². The average molecular weight is 281 g/mol. The topological polar surface area (TPSA) is 49.6 Å². The molecule has 19 heavy (non-hydrogen) atoms. The van der Waals surface area contributed by atoms with Crippen LogP contribution in [0.1, 0.15) is 20.3 Å². The molecule has 0 aromatic rings. The van der Waals surface area contributed by atoms with Crippen LogP contribution < -0.4 is 5.73 Å². The number of amides is 1. The minimum Gasteiger partial charge on any atom is -0.340 e. The summed E-state index contributed by atoms with van der Waals surface area (Å²) in [4.78, 5) is 15.0. The van der Waals surface area contributed by atoms with E-state index in [1.807, 2.05) is 13.8 Å². The fourth-order valence-corrected chi connectivity index (χ4v) is 2.10. The Morgan fingerprint density at radius 2 is 1.84 bits per heavy atom. The van der Waals surface area contributed by atoms with Crippen molar-refractivity contribution in [3.05, 3.63) is 0 Å². The second-order valence-electron chi connectivity index (χ2n) is 5.34. The lowest BCUT2D eigenvalue weighted by Gasteiger charge is -2.26. The van der Waals surface area contributed by atoms with E-state index in [9.17, 15) is 18.0 Å². The van der Waals surface area contributed by atoms with E-state index in [0.29, 0.717) is 26.1 Å². The summed E-state index contributed by atoms with van der Waals surface area (Å²) in [6.45, 7) is 4.21. The van der Waals surface area contributed by atoms with Gasteiger partial charge >= 0.3 is 6.18 Å². The SMILES string of the molecule is CC(C)[C@H](N)C(=O)N1CCCN(CC(F)(F)F)CC1. The minimum absolute atomic E-state index is 0.0297. The molecule has 0 aromatic carbocycles. The Kier molecular flexibility index (Phi) is 5.61. The summed E-state index contributed by atoms with van der Waals surface area (Å²) in [6.07, 6.45) is -3.64. The summed E-state index contributed by atoms with van der Waals surface area (Å²) >= 11 is 0. The summed E-state index contributed by atoms with van der Waals surface area (Å²) in [5.41, 5.74) is 5.79. The molecule has 0 aromatic heterocycles. The van der Waals surface area contributed by atoms with Crippen LogP contribution in [0.2, 0.25) is 0 Å². The molecule has 4 nitrogen and oxygen atoms in total. The Balaban J connectivity index is 2.52. The van der Waals surface area contributed by atoms with Gasteiger partial charge in [-0.1, -0.05) is 13.8 Å². The molecule has 2 N–H and O–H groups in total. The standard InChI is InChI=1S/C12H22F3N3O/c1-9(2)10(16)11(19)18-5-3-4-17(6-7-18)8-12(13,14)15/h9-10H,3-8,16H2,1-2H3/t10-/m0/s1. The maximum atomic E-state index is 12.3. The van der Waals surface area contributed by atoms with Crippen molar-refractivity contribution in [1.29, 1.82) is 0 Å². The summed E-state index contributed by atoms with van der Waals surface area (Å²) in [5.74, 6) is -0.133. The third-order valence-electron chi connectivity index (χ3n) is 3.31. The van der Waals surface area contributed by atoms with E-state index in [0.717, 1.165) is 0 Å². The Labute approximate surface area is 111 Å². The van der Waals surface area contributed by atoms with Crippen LogP contribution in [-0.2, 0) is 4.79 Å². The van der Waals surface area contributed by atoms with Crippen LogP contribution in [0.5, 0.6) is 0 Å². The molecule has 1 fully saturated rings. The normalized spacial score (nSPS) is 20.5. The first kappa shape index (κ1) is 16.2. The molecule has 0 saturated carbocycles. The van der Waals surface area contributed by atoms with Crippen molar-refractivity contribution in [1.82, 2.24) is 9.80 Å². The quantitative estimate of drug-likeness (QED) is 0.842. The number of carbonyl (C=O) groups is 1. The van der Waals surface area contributed by atoms with Crippen molar-refractivity contribution >= 4 is 5.91 Å². The van der Waals surface area contributed by atoms with Gasteiger partial charge in [-0.25, -0.2) is 0 Å². The molecule has 0 radical (unpaired) electrons. The molecule has 112 valence electrons. The molecule has 0 bridgehead atoms. The van der Waals surface area contributed by atoms with Gasteiger partial charge in [0.25, 0.3) is 0 Å². The Hall–Kier alpha value is -0.820. The zero-order valence-electron chi connectivity index (χ0n) is 11.4. The lowest BCUT2D eigenvalue weighted by atomic mass is 10.0. The average Bonchev–Trinajstić information content (AvgIpc) is 2.50. The van der Waals surface area contributed by atoms with Crippen LogP contribution in [0.15, 0.2) is 0 Å². The van der Waals surface area contributed by atoms with E-state index >= 15 is 0 Å². The Morgan fingerprint density at radius 1 is 1.21 bits per heavy atom. The maximum absolute atomic E-state index is 12.3. The molecule has 1 saturated heterocycles. The van der Waals surface area contributed by atoms with Crippen LogP contribution >= 0.6 is 0 Å². The largest absolute Gasteiger partial charge is 0.401 e. The van der Waals surface area contributed by atoms with Gasteiger partial charge in [0.2, 0.25) is 5.91 Å². The van der Waals surface area contributed by atoms with Gasteiger partial charge in [0.15, 0.2) is 0 Å². The van der Waals surface area contributed by atoms with Gasteiger partial charge in [0, 0.05) is 26.2 Å². The van der Waals surface area contributed by atoms with Gasteiger partial charge in [-0.3, -0.25) is 9.69 Å². The van der Waals surface area contributed by atoms with Gasteiger partial charge in [-0.15, -0.1) is 0 Å². The third kappa shape index (κ3) is 5.36. The van der Waals surface area contributed by atoms with Crippen molar-refractivity contribution in [3.63, 3.8) is 0 Å². The fourth-order valence-electron chi connectivity index (χ4n) is 2.10. The lowest BCUT2D eigenvalue weighted by Crippen LogP contribution is -2.47. The van der Waals surface area contributed by atoms with E-state index < -0.39 is 18.8 Å². The summed E-state index contributed by atoms with van der Waals surface area (Å²) < 4.78 is 37.0. The smallest absolute Gasteiger partial charge is 0.340 e. The highest BCUT2D eigenvalue weighted by molar-refractivity contribution is 5.81. The number of nitrogens with zero attached hydrogens (tertiary/aromatic N) is 2. The number of rotatable bonds is 3. The summed E-state index contributed by atoms with van der Waals surface area (Å²) in [6, 6.07) is -0.575. The fraction of sp³-hybridized carbons (Fsp3) is 0.917. The van der Waals surface area contributed by atoms with Crippen LogP contribution in [-0.4, -0.2) is 60.6 Å². The first-order valence-electron chi connectivity index (χ1n) is 6.54. The van der Waals surface area contributed by atoms with Crippen molar-refractivity contribution in [2.24, 2.45) is 11.7 Å². The first-order valence-corrected chi connectivity index (χ1v) is 6.54. The second kappa shape index (κ2) is 6.56. The number of carbonyl (C=O) groups excluding carboxylic acids is 1. The molecular weight excluding hydrogens is 259 g/mol. The number of nitrogens with two attached hydrogens (primary N) is 1. The van der Waals surface area contributed by atoms with Crippen molar-refractivity contribution in [3.8, 4) is 0 Å². The Morgan fingerprint density at radius 3 is 2.37 bits per heavy atom. The van der Waals surface area contributed by atoms with Crippen LogP contribution in [0, 0.1) is 5.92 Å². The lowest BCUT2D eigenvalue weighted by molar-refractivity contribution is -0.145. The van der Waals surface area contributed by atoms with Gasteiger partial charge in [0.05, 0.1) is 12.6 Å². The second-order valence-corrected chi connectivity index (χ2v) is 5.34. The van der Waals surface area contributed by atoms with E-state index in [1.54, 1.807) is 4.90 Å². The molecule has 1 atom stereocenters. The highest BCUT2D eigenvalue weighted by Crippen LogP contribution is 2.18. The molecule has 1 aliphatic rings. The van der Waals surface area contributed by atoms with Gasteiger partial charge in [-0.2, -0.15) is 13.2 Å². The van der Waals surface area contributed by atoms with Crippen LogP contribution in [0.4, 0.5) is 13.2 Å². The molecule has 0 spiro atoms. The molecule has 0 unspecified atom stereocenters. The molecule has 1 amide bonds. The molecular formula is C12H22F3N3O. The first-order chi connectivity index (χ1) is 8.70. The molecule has 0 aliphatic carbocycles. The van der Waals surface area contributed by atoms with Gasteiger partial charge in [-0.05, 0) is 12.3 Å². The minimum atomic E-state index is -4.19. The van der Waals surface area contributed by atoms with Crippen LogP contribution in [0.25, 0.3) is 0 Å². The highest BCUT2D eigenvalue weighted by atomic mass is 19.4. The molecule has 1 heterocycles. The summed E-state index contributed by atoms with van der Waals surface area (Å²) in [7, 11) is 0. The third-order valence-corrected chi connectivity index (χ3v) is 3.31. The molecule has 1 aliphatic heterocycles. The Bertz CT molecular complexity index is 307. The zero-order valence-corrected chi connectivity index (χ0v) is 11.4. The highest BCUT2D eigenvalue weighted by Gasteiger charge is 2.32. The van der Waals surface area contributed by atoms with Crippen molar-refractivity contribution in [2.75, 3.05) is 32.7 Å². The predicted octanol–water partition coefficient (Wildman–Crippen LogP) is 1.07. The van der Waals surface area contributed by atoms with Gasteiger partial charge in [0.1, 0.15) is 0 Å². The number of hydrogen-bond donors (Lipinski definition) is 1. The van der Waals surface area contributed by atoms with E-state index in [-0.39, 0.29) is 18.4 Å². The number of alkyl halides is 3. The zero-order chi connectivity index (χ0) is 14.6. The molecule has 1 rings (SSSR count). The molecule has 7 heteroatoms. The summed E-state index contributed by atoms with van der Waals surface area (Å²) in [5, 5.41) is 0. The maximum Gasteiger partial charge on any atom is 0.401 e. The van der Waals surface area contributed by atoms with Crippen LogP contribution in [0.3, 0.4) is 0 Å². The number of hydrogen-bond acceptors (Lipinski definition) is 3. The number of halogens is 3. The monoisotopic (exact) mass is 281 g/mol. The van der Waals surface area contributed by atoms with Gasteiger partial charge < -0.3 is 10.6 Å².